The van der Waals surface area contributed by atoms with E-state index in [4.69, 9.17) is 0 Å². The zero-order valence-electron chi connectivity index (χ0n) is 50.1. The van der Waals surface area contributed by atoms with E-state index < -0.39 is 63.3 Å². The van der Waals surface area contributed by atoms with E-state index in [1.165, 1.54) is 57.7 Å². The van der Waals surface area contributed by atoms with Crippen molar-refractivity contribution < 1.29 is 55.6 Å². The largest absolute Gasteiger partial charge is 0.416 e. The fourth-order valence-electron chi connectivity index (χ4n) is 9.78. The van der Waals surface area contributed by atoms with Gasteiger partial charge in [-0.15, -0.1) is 0 Å². The highest BCUT2D eigenvalue weighted by Gasteiger charge is 2.30. The summed E-state index contributed by atoms with van der Waals surface area (Å²) < 4.78 is 170. The zero-order chi connectivity index (χ0) is 67.2. The fourth-order valence-corrected chi connectivity index (χ4v) is 13.3. The Morgan fingerprint density at radius 1 is 0.404 bits per heavy atom. The summed E-state index contributed by atoms with van der Waals surface area (Å²) >= 11 is 0. The lowest BCUT2D eigenvalue weighted by atomic mass is 10.1. The van der Waals surface area contributed by atoms with Gasteiger partial charge in [-0.25, -0.2) is 71.6 Å². The van der Waals surface area contributed by atoms with E-state index in [0.29, 0.717) is 72.9 Å². The molecule has 0 unspecified atom stereocenters. The highest BCUT2D eigenvalue weighted by molar-refractivity contribution is 7.91. The van der Waals surface area contributed by atoms with Crippen molar-refractivity contribution in [3.63, 3.8) is 0 Å². The number of aromatic amines is 3. The monoisotopic (exact) mass is 1350 g/mol. The van der Waals surface area contributed by atoms with Crippen LogP contribution in [0.25, 0.3) is 103 Å². The Morgan fingerprint density at radius 2 is 0.798 bits per heavy atom. The van der Waals surface area contributed by atoms with Crippen LogP contribution in [0.3, 0.4) is 0 Å². The van der Waals surface area contributed by atoms with Crippen molar-refractivity contribution in [2.45, 2.75) is 25.8 Å². The molecule has 17 nitrogen and oxygen atoms in total. The number of rotatable bonds is 16. The van der Waals surface area contributed by atoms with Crippen LogP contribution in [0.5, 0.6) is 0 Å². The highest BCUT2D eigenvalue weighted by Crippen LogP contribution is 2.34. The van der Waals surface area contributed by atoms with Crippen LogP contribution in [0.1, 0.15) is 39.7 Å². The van der Waals surface area contributed by atoms with Gasteiger partial charge in [0.1, 0.15) is 29.1 Å². The van der Waals surface area contributed by atoms with E-state index in [2.05, 4.69) is 44.1 Å². The van der Waals surface area contributed by atoms with Gasteiger partial charge in [0.2, 0.25) is 30.1 Å². The van der Waals surface area contributed by atoms with Crippen LogP contribution in [-0.2, 0) is 46.1 Å². The second kappa shape index (κ2) is 27.6. The minimum absolute atomic E-state index is 0.158. The number of sulfone groups is 1. The van der Waals surface area contributed by atoms with Crippen molar-refractivity contribution in [1.29, 1.82) is 0 Å². The Hall–Kier alpha value is -10.1. The molecule has 0 aliphatic heterocycles. The van der Waals surface area contributed by atoms with Gasteiger partial charge in [0.05, 0.1) is 58.2 Å². The van der Waals surface area contributed by atoms with Crippen LogP contribution in [-0.4, -0.2) is 91.0 Å². The summed E-state index contributed by atoms with van der Waals surface area (Å²) in [4.78, 5) is 23.7. The van der Waals surface area contributed by atoms with Crippen LogP contribution in [0.15, 0.2) is 214 Å². The number of nitrogens with one attached hydrogen (secondary N) is 6. The third-order valence-electron chi connectivity index (χ3n) is 14.5. The van der Waals surface area contributed by atoms with Gasteiger partial charge in [0.25, 0.3) is 0 Å². The lowest BCUT2D eigenvalue weighted by Gasteiger charge is -2.09. The molecule has 3 aromatic heterocycles. The minimum atomic E-state index is -4.41. The van der Waals surface area contributed by atoms with Gasteiger partial charge >= 0.3 is 6.18 Å². The Labute approximate surface area is 538 Å². The van der Waals surface area contributed by atoms with Crippen molar-refractivity contribution in [2.24, 2.45) is 0 Å². The summed E-state index contributed by atoms with van der Waals surface area (Å²) in [6, 6.07) is 51.4. The van der Waals surface area contributed by atoms with Crippen LogP contribution in [0.2, 0.25) is 0 Å². The maximum Gasteiger partial charge on any atom is 0.416 e. The lowest BCUT2D eigenvalue weighted by molar-refractivity contribution is -0.137. The predicted octanol–water partition coefficient (Wildman–Crippen LogP) is 13.6. The van der Waals surface area contributed by atoms with Gasteiger partial charge in [-0.3, -0.25) is 0 Å². The van der Waals surface area contributed by atoms with Crippen LogP contribution >= 0.6 is 0 Å². The van der Waals surface area contributed by atoms with Crippen LogP contribution < -0.4 is 14.2 Å². The SMILES string of the molecule is CNS(=O)(=O)c1ccccc1-c1ccc2nc(/C=C/c3ccc(F)cc3F)[nH]c2c1.CNS(=O)(=O)c1ccccc1-c1ccc2nc(/C=C/c3ccc(S(C)(=O)=O)cc3)[nH]c2c1.CNS(=O)(=O)c1ccccc1-c1ccc2nc(/C=C/c3cccc(C(F)(F)F)c3)[nH]c2c1. The minimum Gasteiger partial charge on any atom is -0.338 e. The molecule has 0 bridgehead atoms. The molecule has 0 atom stereocenters. The average Bonchev–Trinajstić information content (AvgIpc) is 1.55. The van der Waals surface area contributed by atoms with Crippen LogP contribution in [0, 0.1) is 11.6 Å². The summed E-state index contributed by atoms with van der Waals surface area (Å²) in [6.07, 6.45) is 6.63. The van der Waals surface area contributed by atoms with Crippen molar-refractivity contribution >= 4 is 109 Å². The average molecular weight is 1350 g/mol. The molecule has 3 heterocycles. The van der Waals surface area contributed by atoms with E-state index in [1.807, 2.05) is 30.3 Å². The lowest BCUT2D eigenvalue weighted by Crippen LogP contribution is -2.19. The van der Waals surface area contributed by atoms with Gasteiger partial charge in [-0.2, -0.15) is 13.2 Å². The number of halogens is 5. The van der Waals surface area contributed by atoms with Crippen molar-refractivity contribution in [1.82, 2.24) is 44.1 Å². The van der Waals surface area contributed by atoms with Crippen LogP contribution in [0.4, 0.5) is 22.0 Å². The summed E-state index contributed by atoms with van der Waals surface area (Å²) in [5, 5.41) is 0. The van der Waals surface area contributed by atoms with Gasteiger partial charge in [-0.1, -0.05) is 109 Å². The number of nitrogens with zero attached hydrogens (tertiary/aromatic N) is 3. The third-order valence-corrected chi connectivity index (χ3v) is 20.1. The summed E-state index contributed by atoms with van der Waals surface area (Å²) in [6.45, 7) is 0. The quantitative estimate of drug-likeness (QED) is 0.0496. The third kappa shape index (κ3) is 15.7. The Bertz CT molecular complexity index is 5400. The molecular weight excluding hydrogens is 1290 g/mol. The number of benzene rings is 9. The first-order valence-electron chi connectivity index (χ1n) is 28.3. The number of hydrogen-bond acceptors (Lipinski definition) is 11. The molecule has 0 aliphatic rings. The number of sulfonamides is 3. The molecule has 0 aliphatic carbocycles. The summed E-state index contributed by atoms with van der Waals surface area (Å²) in [7, 11) is -9.99. The summed E-state index contributed by atoms with van der Waals surface area (Å²) in [5.74, 6) is 0.279. The number of imidazole rings is 3. The van der Waals surface area contributed by atoms with Gasteiger partial charge in [0, 0.05) is 34.6 Å². The van der Waals surface area contributed by atoms with Crippen molar-refractivity contribution in [3.05, 3.63) is 245 Å². The highest BCUT2D eigenvalue weighted by atomic mass is 32.2. The molecule has 0 spiro atoms. The molecule has 9 aromatic carbocycles. The number of alkyl halides is 3. The van der Waals surface area contributed by atoms with E-state index in [1.54, 1.807) is 152 Å². The normalized spacial score (nSPS) is 12.4. The maximum absolute atomic E-state index is 13.8. The second-order valence-corrected chi connectivity index (χ2v) is 28.4. The van der Waals surface area contributed by atoms with Gasteiger partial charge < -0.3 is 15.0 Å². The Balaban J connectivity index is 0.000000154. The number of fused-ring (bicyclic) bond motifs is 3. The second-order valence-electron chi connectivity index (χ2n) is 20.8. The summed E-state index contributed by atoms with van der Waals surface area (Å²) in [5.41, 5.74) is 8.80. The van der Waals surface area contributed by atoms with Gasteiger partial charge in [0.15, 0.2) is 9.84 Å². The van der Waals surface area contributed by atoms with Gasteiger partial charge in [-0.05, 0) is 164 Å². The molecule has 26 heteroatoms. The van der Waals surface area contributed by atoms with E-state index in [-0.39, 0.29) is 25.1 Å². The zero-order valence-corrected chi connectivity index (χ0v) is 53.3. The maximum atomic E-state index is 13.8. The molecule has 12 rings (SSSR count). The molecule has 94 heavy (non-hydrogen) atoms. The molecule has 6 N–H and O–H groups in total. The number of H-pyrrole nitrogens is 3. The molecule has 480 valence electrons. The Morgan fingerprint density at radius 3 is 1.18 bits per heavy atom. The first kappa shape index (κ1) is 66.8. The molecule has 0 fully saturated rings. The Kier molecular flexibility index (Phi) is 19.7. The first-order chi connectivity index (χ1) is 44.7. The topological polar surface area (TPSA) is 259 Å². The smallest absolute Gasteiger partial charge is 0.338 e. The van der Waals surface area contributed by atoms with Crippen molar-refractivity contribution in [2.75, 3.05) is 27.4 Å². The van der Waals surface area contributed by atoms with E-state index >= 15 is 0 Å². The van der Waals surface area contributed by atoms with Crippen molar-refractivity contribution in [3.8, 4) is 33.4 Å². The molecule has 0 saturated carbocycles. The van der Waals surface area contributed by atoms with E-state index in [0.717, 1.165) is 40.4 Å². The fraction of sp³-hybridized carbons (Fsp3) is 0.0735. The predicted molar refractivity (Wildman–Crippen MR) is 357 cm³/mol. The molecular formula is C68H56F5N9O8S4. The number of hydrogen-bond donors (Lipinski definition) is 6. The molecule has 0 amide bonds. The molecule has 0 saturated heterocycles. The number of aromatic nitrogens is 6. The molecule has 0 radical (unpaired) electrons. The van der Waals surface area contributed by atoms with E-state index in [9.17, 15) is 55.6 Å². The first-order valence-corrected chi connectivity index (χ1v) is 34.6. The molecule has 12 aromatic rings. The standard InChI is InChI=1S/C23H18F3N3O2S.C23H21N3O4S2.C22H17F2N3O2S/c1-27-32(30,31)21-8-3-2-7-18(21)16-10-11-19-20(14-16)29-22(28-19)12-9-15-5-4-6-17(13-15)23(24,25)26;1-24-32(29,30)22-6-4-3-5-19(22)17-10-13-20-21(15-17)26-23(25-20)14-9-16-7-11-18(12-8-16)31(2,27)28;1-25-30(28,29)21-5-3-2-4-17(21)15-7-10-19-20(12-15)27-22(26-19)11-8-14-6-9-16(23)13-18(14)24/h2-14,27H,1H3,(H,28,29);3-15,24H,1-2H3,(H,25,26);2-13,25H,1H3,(H,26,27)/b12-9+;14-9+;11-8+.